The van der Waals surface area contributed by atoms with Gasteiger partial charge in [0.2, 0.25) is 5.88 Å². The Morgan fingerprint density at radius 1 is 1.06 bits per heavy atom. The number of halogens is 5. The van der Waals surface area contributed by atoms with Gasteiger partial charge < -0.3 is 19.7 Å². The molecule has 3 rings (SSSR count). The van der Waals surface area contributed by atoms with Crippen LogP contribution in [0.1, 0.15) is 25.0 Å². The van der Waals surface area contributed by atoms with Crippen LogP contribution in [0.15, 0.2) is 54.7 Å². The maximum atomic E-state index is 13.8. The van der Waals surface area contributed by atoms with Crippen molar-refractivity contribution in [3.8, 4) is 11.6 Å². The summed E-state index contributed by atoms with van der Waals surface area (Å²) in [6, 6.07) is 12.1. The van der Waals surface area contributed by atoms with E-state index in [0.29, 0.717) is 22.3 Å². The molecule has 2 aromatic carbocycles. The molecule has 0 saturated carbocycles. The molecule has 36 heavy (non-hydrogen) atoms. The number of hydrogen-bond donors (Lipinski definition) is 1. The van der Waals surface area contributed by atoms with Crippen LogP contribution in [0.3, 0.4) is 0 Å². The van der Waals surface area contributed by atoms with E-state index in [1.54, 1.807) is 32.0 Å². The summed E-state index contributed by atoms with van der Waals surface area (Å²) in [6.45, 7) is 3.78. The van der Waals surface area contributed by atoms with Crippen molar-refractivity contribution in [2.75, 3.05) is 29.9 Å². The first-order valence-electron chi connectivity index (χ1n) is 11.0. The Morgan fingerprint density at radius 2 is 1.83 bits per heavy atom. The molecule has 0 saturated heterocycles. The molecule has 192 valence electrons. The van der Waals surface area contributed by atoms with E-state index in [1.165, 1.54) is 29.3 Å². The lowest BCUT2D eigenvalue weighted by molar-refractivity contribution is -0.142. The highest BCUT2D eigenvalue weighted by molar-refractivity contribution is 6.42. The zero-order chi connectivity index (χ0) is 26.3. The second kappa shape index (κ2) is 12.2. The Hall–Kier alpha value is -3.17. The van der Waals surface area contributed by atoms with Crippen molar-refractivity contribution in [2.45, 2.75) is 26.6 Å². The normalized spacial score (nSPS) is 11.2. The predicted octanol–water partition coefficient (Wildman–Crippen LogP) is 7.20. The third kappa shape index (κ3) is 7.41. The molecule has 3 aromatic rings. The monoisotopic (exact) mass is 541 g/mol. The lowest BCUT2D eigenvalue weighted by Gasteiger charge is -2.26. The highest BCUT2D eigenvalue weighted by Crippen LogP contribution is 2.39. The van der Waals surface area contributed by atoms with Crippen LogP contribution in [0, 0.1) is 0 Å². The van der Waals surface area contributed by atoms with Crippen LogP contribution in [0.5, 0.6) is 11.6 Å². The molecular weight excluding hydrogens is 518 g/mol. The van der Waals surface area contributed by atoms with Crippen molar-refractivity contribution < 1.29 is 27.4 Å². The van der Waals surface area contributed by atoms with Gasteiger partial charge in [-0.1, -0.05) is 29.3 Å². The van der Waals surface area contributed by atoms with E-state index in [1.807, 2.05) is 6.07 Å². The number of alkyl halides is 3. The second-order valence-corrected chi connectivity index (χ2v) is 8.40. The minimum atomic E-state index is -4.66. The number of nitrogens with zero attached hydrogens (tertiary/aromatic N) is 2. The molecule has 0 aliphatic rings. The molecule has 0 aliphatic heterocycles. The van der Waals surface area contributed by atoms with Gasteiger partial charge >= 0.3 is 12.1 Å². The summed E-state index contributed by atoms with van der Waals surface area (Å²) < 4.78 is 52.0. The van der Waals surface area contributed by atoms with Crippen LogP contribution in [0.2, 0.25) is 10.0 Å². The topological polar surface area (TPSA) is 63.7 Å². The Kier molecular flexibility index (Phi) is 9.28. The number of carbonyl (C=O) groups is 1. The van der Waals surface area contributed by atoms with Crippen molar-refractivity contribution in [3.63, 3.8) is 0 Å². The second-order valence-electron chi connectivity index (χ2n) is 7.59. The molecule has 0 atom stereocenters. The quantitative estimate of drug-likeness (QED) is 0.274. The summed E-state index contributed by atoms with van der Waals surface area (Å²) in [5.41, 5.74) is 0.525. The average molecular weight is 542 g/mol. The van der Waals surface area contributed by atoms with Gasteiger partial charge in [0, 0.05) is 24.8 Å². The summed E-state index contributed by atoms with van der Waals surface area (Å²) in [5.74, 6) is -0.526. The summed E-state index contributed by atoms with van der Waals surface area (Å²) in [4.78, 5) is 17.3. The van der Waals surface area contributed by atoms with Crippen LogP contribution >= 0.6 is 23.2 Å². The smallest absolute Gasteiger partial charge is 0.418 e. The molecular formula is C25H24Cl2F3N3O3. The number of likely N-dealkylation sites (N-methyl/N-ethyl adjacent to an activating group) is 1. The number of rotatable bonds is 10. The van der Waals surface area contributed by atoms with Gasteiger partial charge in [-0.3, -0.25) is 4.79 Å². The number of carbonyl (C=O) groups excluding carboxylic acids is 1. The van der Waals surface area contributed by atoms with Gasteiger partial charge in [0.1, 0.15) is 12.3 Å². The van der Waals surface area contributed by atoms with E-state index in [0.717, 1.165) is 11.6 Å². The average Bonchev–Trinajstić information content (AvgIpc) is 2.84. The van der Waals surface area contributed by atoms with Gasteiger partial charge in [-0.05, 0) is 55.8 Å². The minimum absolute atomic E-state index is 0.0396. The fourth-order valence-corrected chi connectivity index (χ4v) is 3.65. The first-order valence-corrected chi connectivity index (χ1v) is 11.8. The molecule has 0 amide bonds. The largest absolute Gasteiger partial charge is 0.465 e. The zero-order valence-corrected chi connectivity index (χ0v) is 21.0. The standard InChI is InChI=1S/C25H24Cl2F3N3O3/c1-3-33(15-24(34)35-4-2)22-9-7-18(12-19(22)25(28,29)30)36-23-10-6-17(14-32-23)31-13-16-5-8-20(26)21(27)11-16/h5-12,14,31H,3-4,13,15H2,1-2H3. The third-order valence-corrected chi connectivity index (χ3v) is 5.80. The summed E-state index contributed by atoms with van der Waals surface area (Å²) in [6.07, 6.45) is -3.16. The molecule has 1 aromatic heterocycles. The van der Waals surface area contributed by atoms with Gasteiger partial charge in [0.15, 0.2) is 0 Å². The molecule has 0 spiro atoms. The van der Waals surface area contributed by atoms with Crippen LogP contribution in [-0.2, 0) is 22.3 Å². The number of ether oxygens (including phenoxy) is 2. The SMILES string of the molecule is CCOC(=O)CN(CC)c1ccc(Oc2ccc(NCc3ccc(Cl)c(Cl)c3)cn2)cc1C(F)(F)F. The van der Waals surface area contributed by atoms with Crippen LogP contribution < -0.4 is 15.0 Å². The number of benzene rings is 2. The minimum Gasteiger partial charge on any atom is -0.465 e. The van der Waals surface area contributed by atoms with Crippen LogP contribution in [-0.4, -0.2) is 30.6 Å². The maximum Gasteiger partial charge on any atom is 0.418 e. The van der Waals surface area contributed by atoms with E-state index in [9.17, 15) is 18.0 Å². The van der Waals surface area contributed by atoms with Crippen molar-refractivity contribution in [2.24, 2.45) is 0 Å². The van der Waals surface area contributed by atoms with E-state index >= 15 is 0 Å². The fourth-order valence-electron chi connectivity index (χ4n) is 3.33. The first-order chi connectivity index (χ1) is 17.1. The van der Waals surface area contributed by atoms with E-state index in [-0.39, 0.29) is 37.0 Å². The molecule has 0 bridgehead atoms. The number of pyridine rings is 1. The molecule has 1 heterocycles. The molecule has 1 N–H and O–H groups in total. The van der Waals surface area contributed by atoms with E-state index < -0.39 is 17.7 Å². The predicted molar refractivity (Wildman–Crippen MR) is 134 cm³/mol. The first kappa shape index (κ1) is 27.4. The lowest BCUT2D eigenvalue weighted by atomic mass is 10.1. The molecule has 0 aliphatic carbocycles. The maximum absolute atomic E-state index is 13.8. The van der Waals surface area contributed by atoms with E-state index in [4.69, 9.17) is 32.7 Å². The zero-order valence-electron chi connectivity index (χ0n) is 19.5. The summed E-state index contributed by atoms with van der Waals surface area (Å²) in [7, 11) is 0. The number of hydrogen-bond acceptors (Lipinski definition) is 6. The Labute approximate surface area is 216 Å². The van der Waals surface area contributed by atoms with Gasteiger partial charge in [-0.2, -0.15) is 13.2 Å². The Bertz CT molecular complexity index is 1190. The van der Waals surface area contributed by atoms with Crippen LogP contribution in [0.25, 0.3) is 0 Å². The molecule has 11 heteroatoms. The highest BCUT2D eigenvalue weighted by Gasteiger charge is 2.35. The van der Waals surface area contributed by atoms with Crippen molar-refractivity contribution >= 4 is 40.5 Å². The number of esters is 1. The van der Waals surface area contributed by atoms with Crippen LogP contribution in [0.4, 0.5) is 24.5 Å². The van der Waals surface area contributed by atoms with Crippen molar-refractivity contribution in [3.05, 3.63) is 75.9 Å². The van der Waals surface area contributed by atoms with Gasteiger partial charge in [0.25, 0.3) is 0 Å². The number of aromatic nitrogens is 1. The van der Waals surface area contributed by atoms with Gasteiger partial charge in [-0.15, -0.1) is 0 Å². The summed E-state index contributed by atoms with van der Waals surface area (Å²) >= 11 is 11.9. The molecule has 6 nitrogen and oxygen atoms in total. The number of nitrogens with one attached hydrogen (secondary N) is 1. The van der Waals surface area contributed by atoms with Gasteiger partial charge in [-0.25, -0.2) is 4.98 Å². The number of anilines is 2. The molecule has 0 fully saturated rings. The highest BCUT2D eigenvalue weighted by atomic mass is 35.5. The van der Waals surface area contributed by atoms with E-state index in [2.05, 4.69) is 10.3 Å². The summed E-state index contributed by atoms with van der Waals surface area (Å²) in [5, 5.41) is 4.08. The third-order valence-electron chi connectivity index (χ3n) is 5.06. The van der Waals surface area contributed by atoms with Crippen molar-refractivity contribution in [1.82, 2.24) is 4.98 Å². The molecule has 0 unspecified atom stereocenters. The Morgan fingerprint density at radius 3 is 2.44 bits per heavy atom. The van der Waals surface area contributed by atoms with Crippen molar-refractivity contribution in [1.29, 1.82) is 0 Å². The fraction of sp³-hybridized carbons (Fsp3) is 0.280. The van der Waals surface area contributed by atoms with Gasteiger partial charge in [0.05, 0.1) is 34.1 Å². The lowest BCUT2D eigenvalue weighted by Crippen LogP contribution is -2.32. The Balaban J connectivity index is 1.72. The molecule has 0 radical (unpaired) electrons.